The Balaban J connectivity index is 1.64. The van der Waals surface area contributed by atoms with Crippen LogP contribution in [0, 0.1) is 0 Å². The van der Waals surface area contributed by atoms with Gasteiger partial charge in [-0.1, -0.05) is 36.4 Å². The van der Waals surface area contributed by atoms with Crippen molar-refractivity contribution in [1.82, 2.24) is 4.90 Å². The lowest BCUT2D eigenvalue weighted by Gasteiger charge is -2.32. The molecule has 0 saturated heterocycles. The number of anilines is 1. The molecule has 2 heteroatoms. The van der Waals surface area contributed by atoms with E-state index in [1.165, 1.54) is 36.1 Å². The lowest BCUT2D eigenvalue weighted by atomic mass is 9.87. The Bertz CT molecular complexity index is 616. The Hall–Kier alpha value is -1.80. The fourth-order valence-electron chi connectivity index (χ4n) is 3.37. The van der Waals surface area contributed by atoms with E-state index in [0.717, 1.165) is 6.54 Å². The number of rotatable bonds is 4. The molecule has 1 aliphatic rings. The fraction of sp³-hybridized carbons (Fsp3) is 0.400. The van der Waals surface area contributed by atoms with Gasteiger partial charge in [0.1, 0.15) is 0 Å². The first-order valence-corrected chi connectivity index (χ1v) is 8.17. The van der Waals surface area contributed by atoms with E-state index < -0.39 is 0 Å². The molecular formula is C20H26N2. The molecule has 1 aliphatic carbocycles. The second-order valence-electron chi connectivity index (χ2n) is 6.64. The molecule has 3 rings (SSSR count). The summed E-state index contributed by atoms with van der Waals surface area (Å²) in [6.45, 7) is 1.03. The average Bonchev–Trinajstić information content (AvgIpc) is 2.55. The summed E-state index contributed by atoms with van der Waals surface area (Å²) in [7, 11) is 6.43. The van der Waals surface area contributed by atoms with E-state index in [-0.39, 0.29) is 0 Å². The minimum atomic E-state index is 0.656. The number of hydrogen-bond donors (Lipinski definition) is 0. The molecule has 0 bridgehead atoms. The lowest BCUT2D eigenvalue weighted by Crippen LogP contribution is -2.36. The van der Waals surface area contributed by atoms with Crippen LogP contribution < -0.4 is 4.90 Å². The van der Waals surface area contributed by atoms with Gasteiger partial charge in [0, 0.05) is 32.4 Å². The van der Waals surface area contributed by atoms with Gasteiger partial charge in [0.05, 0.1) is 0 Å². The SMILES string of the molecule is CN(C)c1ccc(CN(C)C2CCc3ccccc3C2)cc1. The second kappa shape index (κ2) is 6.53. The maximum atomic E-state index is 2.51. The highest BCUT2D eigenvalue weighted by Gasteiger charge is 2.21. The third-order valence-corrected chi connectivity index (χ3v) is 4.83. The molecule has 0 saturated carbocycles. The van der Waals surface area contributed by atoms with Gasteiger partial charge in [-0.2, -0.15) is 0 Å². The molecule has 0 aromatic heterocycles. The first-order valence-electron chi connectivity index (χ1n) is 8.17. The zero-order valence-electron chi connectivity index (χ0n) is 13.9. The van der Waals surface area contributed by atoms with Gasteiger partial charge in [-0.15, -0.1) is 0 Å². The average molecular weight is 294 g/mol. The van der Waals surface area contributed by atoms with Crippen LogP contribution in [0.25, 0.3) is 0 Å². The molecule has 2 nitrogen and oxygen atoms in total. The van der Waals surface area contributed by atoms with Gasteiger partial charge in [0.15, 0.2) is 0 Å². The third kappa shape index (κ3) is 3.33. The molecule has 0 N–H and O–H groups in total. The van der Waals surface area contributed by atoms with E-state index >= 15 is 0 Å². The summed E-state index contributed by atoms with van der Waals surface area (Å²) in [5.41, 5.74) is 5.74. The Kier molecular flexibility index (Phi) is 4.49. The van der Waals surface area contributed by atoms with Crippen LogP contribution >= 0.6 is 0 Å². The van der Waals surface area contributed by atoms with Crippen molar-refractivity contribution in [2.45, 2.75) is 31.8 Å². The van der Waals surface area contributed by atoms with Crippen molar-refractivity contribution < 1.29 is 0 Å². The van der Waals surface area contributed by atoms with Crippen LogP contribution in [0.1, 0.15) is 23.1 Å². The van der Waals surface area contributed by atoms with Gasteiger partial charge in [0.2, 0.25) is 0 Å². The molecule has 2 aromatic rings. The summed E-state index contributed by atoms with van der Waals surface area (Å²) >= 11 is 0. The zero-order valence-corrected chi connectivity index (χ0v) is 13.9. The molecule has 0 spiro atoms. The molecule has 0 fully saturated rings. The van der Waals surface area contributed by atoms with Crippen molar-refractivity contribution in [2.75, 3.05) is 26.0 Å². The van der Waals surface area contributed by atoms with E-state index in [1.807, 2.05) is 0 Å². The van der Waals surface area contributed by atoms with Crippen LogP contribution in [0.15, 0.2) is 48.5 Å². The van der Waals surface area contributed by atoms with Gasteiger partial charge in [0.25, 0.3) is 0 Å². The van der Waals surface area contributed by atoms with E-state index in [9.17, 15) is 0 Å². The van der Waals surface area contributed by atoms with Crippen molar-refractivity contribution in [2.24, 2.45) is 0 Å². The first kappa shape index (κ1) is 15.1. The number of aryl methyl sites for hydroxylation is 1. The van der Waals surface area contributed by atoms with Crippen molar-refractivity contribution in [3.63, 3.8) is 0 Å². The largest absolute Gasteiger partial charge is 0.378 e. The van der Waals surface area contributed by atoms with Crippen LogP contribution in [0.2, 0.25) is 0 Å². The van der Waals surface area contributed by atoms with Crippen LogP contribution in [-0.2, 0) is 19.4 Å². The molecule has 116 valence electrons. The van der Waals surface area contributed by atoms with Crippen molar-refractivity contribution >= 4 is 5.69 Å². The Labute approximate surface area is 134 Å². The standard InChI is InChI=1S/C20H26N2/c1-21(2)19-11-8-16(9-12-19)15-22(3)20-13-10-17-6-4-5-7-18(17)14-20/h4-9,11-12,20H,10,13-15H2,1-3H3. The molecule has 0 radical (unpaired) electrons. The Morgan fingerprint density at radius 2 is 1.59 bits per heavy atom. The summed E-state index contributed by atoms with van der Waals surface area (Å²) in [6.07, 6.45) is 3.66. The van der Waals surface area contributed by atoms with Crippen LogP contribution in [0.5, 0.6) is 0 Å². The third-order valence-electron chi connectivity index (χ3n) is 4.83. The van der Waals surface area contributed by atoms with Crippen molar-refractivity contribution in [3.05, 3.63) is 65.2 Å². The van der Waals surface area contributed by atoms with E-state index in [1.54, 1.807) is 5.56 Å². The highest BCUT2D eigenvalue weighted by molar-refractivity contribution is 5.46. The summed E-state index contributed by atoms with van der Waals surface area (Å²) in [6, 6.07) is 18.5. The van der Waals surface area contributed by atoms with Crippen LogP contribution in [0.3, 0.4) is 0 Å². The normalized spacial score (nSPS) is 17.4. The number of benzene rings is 2. The summed E-state index contributed by atoms with van der Waals surface area (Å²) in [5, 5.41) is 0. The molecule has 2 aromatic carbocycles. The highest BCUT2D eigenvalue weighted by Crippen LogP contribution is 2.25. The molecule has 0 amide bonds. The van der Waals surface area contributed by atoms with Crippen molar-refractivity contribution in [1.29, 1.82) is 0 Å². The summed E-state index contributed by atoms with van der Waals surface area (Å²) in [5.74, 6) is 0. The zero-order chi connectivity index (χ0) is 15.5. The van der Waals surface area contributed by atoms with E-state index in [4.69, 9.17) is 0 Å². The van der Waals surface area contributed by atoms with Crippen LogP contribution in [-0.4, -0.2) is 32.1 Å². The van der Waals surface area contributed by atoms with Gasteiger partial charge in [-0.05, 0) is 55.1 Å². The lowest BCUT2D eigenvalue weighted by molar-refractivity contribution is 0.214. The van der Waals surface area contributed by atoms with Gasteiger partial charge < -0.3 is 4.90 Å². The summed E-state index contributed by atoms with van der Waals surface area (Å²) in [4.78, 5) is 4.66. The van der Waals surface area contributed by atoms with Gasteiger partial charge in [-0.25, -0.2) is 0 Å². The number of fused-ring (bicyclic) bond motifs is 1. The van der Waals surface area contributed by atoms with Crippen LogP contribution in [0.4, 0.5) is 5.69 Å². The minimum Gasteiger partial charge on any atom is -0.378 e. The summed E-state index contributed by atoms with van der Waals surface area (Å²) < 4.78 is 0. The Morgan fingerprint density at radius 3 is 2.27 bits per heavy atom. The Morgan fingerprint density at radius 1 is 0.909 bits per heavy atom. The van der Waals surface area contributed by atoms with Crippen molar-refractivity contribution in [3.8, 4) is 0 Å². The highest BCUT2D eigenvalue weighted by atomic mass is 15.1. The number of likely N-dealkylation sites (N-methyl/N-ethyl adjacent to an activating group) is 1. The number of hydrogen-bond acceptors (Lipinski definition) is 2. The van der Waals surface area contributed by atoms with Gasteiger partial charge in [-0.3, -0.25) is 4.90 Å². The predicted octanol–water partition coefficient (Wildman–Crippen LogP) is 3.74. The molecule has 0 heterocycles. The predicted molar refractivity (Wildman–Crippen MR) is 94.5 cm³/mol. The molecule has 1 unspecified atom stereocenters. The van der Waals surface area contributed by atoms with E-state index in [0.29, 0.717) is 6.04 Å². The maximum absolute atomic E-state index is 2.51. The molecule has 1 atom stereocenters. The second-order valence-corrected chi connectivity index (χ2v) is 6.64. The first-order chi connectivity index (χ1) is 10.6. The van der Waals surface area contributed by atoms with Gasteiger partial charge >= 0.3 is 0 Å². The quantitative estimate of drug-likeness (QED) is 0.847. The molecular weight excluding hydrogens is 268 g/mol. The molecule has 0 aliphatic heterocycles. The monoisotopic (exact) mass is 294 g/mol. The smallest absolute Gasteiger partial charge is 0.0361 e. The maximum Gasteiger partial charge on any atom is 0.0361 e. The number of nitrogens with zero attached hydrogens (tertiary/aromatic N) is 2. The fourth-order valence-corrected chi connectivity index (χ4v) is 3.37. The topological polar surface area (TPSA) is 6.48 Å². The molecule has 22 heavy (non-hydrogen) atoms. The minimum absolute atomic E-state index is 0.656. The van der Waals surface area contributed by atoms with E-state index in [2.05, 4.69) is 79.5 Å².